The Balaban J connectivity index is 2.28. The van der Waals surface area contributed by atoms with Crippen molar-refractivity contribution in [1.29, 1.82) is 0 Å². The molecule has 1 atom stereocenters. The fourth-order valence-corrected chi connectivity index (χ4v) is 5.19. The fourth-order valence-electron chi connectivity index (χ4n) is 4.68. The van der Waals surface area contributed by atoms with E-state index in [9.17, 15) is 4.57 Å². The number of hydrogen-bond donors (Lipinski definition) is 0. The topological polar surface area (TPSA) is 20.9 Å². The third-order valence-corrected chi connectivity index (χ3v) is 6.82. The largest absolute Gasteiger partial charge is 0.273 e. The van der Waals surface area contributed by atoms with Gasteiger partial charge in [-0.1, -0.05) is 39.3 Å². The van der Waals surface area contributed by atoms with Gasteiger partial charge in [-0.15, -0.1) is 0 Å². The second-order valence-electron chi connectivity index (χ2n) is 7.25. The normalized spacial score (nSPS) is 18.0. The second-order valence-corrected chi connectivity index (χ2v) is 7.89. The molecule has 0 aliphatic carbocycles. The number of hydrogen-bond acceptors (Lipinski definition) is 1. The summed E-state index contributed by atoms with van der Waals surface area (Å²) in [5.74, 6) is 0. The second kappa shape index (κ2) is 7.38. The summed E-state index contributed by atoms with van der Waals surface area (Å²) in [6, 6.07) is 13.6. The Kier molecular flexibility index (Phi) is 5.39. The van der Waals surface area contributed by atoms with Crippen LogP contribution in [0, 0.1) is 0 Å². The number of rotatable bonds is 6. The van der Waals surface area contributed by atoms with Crippen LogP contribution in [-0.2, 0) is 16.4 Å². The van der Waals surface area contributed by atoms with Crippen molar-refractivity contribution in [3.05, 3.63) is 47.5 Å². The number of aryl methyl sites for hydroxylation is 1. The maximum absolute atomic E-state index is 11.8. The molecule has 2 nitrogen and oxygen atoms in total. The lowest BCUT2D eigenvalue weighted by atomic mass is 9.66. The third kappa shape index (κ3) is 2.85. The summed E-state index contributed by atoms with van der Waals surface area (Å²) >= 11 is 0. The summed E-state index contributed by atoms with van der Waals surface area (Å²) in [7, 11) is 0.0981. The Bertz CT molecular complexity index is 780. The quantitative estimate of drug-likeness (QED) is 0.493. The Morgan fingerprint density at radius 2 is 1.88 bits per heavy atom. The predicted molar refractivity (Wildman–Crippen MR) is 105 cm³/mol. The molecule has 0 bridgehead atoms. The van der Waals surface area contributed by atoms with Crippen molar-refractivity contribution in [2.75, 3.05) is 0 Å². The van der Waals surface area contributed by atoms with Gasteiger partial charge in [0.05, 0.1) is 11.0 Å². The Morgan fingerprint density at radius 1 is 1.12 bits per heavy atom. The zero-order valence-corrected chi connectivity index (χ0v) is 16.8. The highest BCUT2D eigenvalue weighted by molar-refractivity contribution is 7.33. The maximum atomic E-state index is 11.8. The number of fused-ring (bicyclic) bond motifs is 3. The highest BCUT2D eigenvalue weighted by Gasteiger charge is 2.48. The first-order chi connectivity index (χ1) is 12.1. The lowest BCUT2D eigenvalue weighted by Crippen LogP contribution is -2.60. The van der Waals surface area contributed by atoms with Crippen LogP contribution in [0.2, 0.25) is 0 Å². The van der Waals surface area contributed by atoms with Gasteiger partial charge in [-0.05, 0) is 55.9 Å². The lowest BCUT2D eigenvalue weighted by Gasteiger charge is -2.40. The molecule has 1 aromatic carbocycles. The Hall–Kier alpha value is -1.53. The molecule has 3 rings (SSSR count). The molecule has 0 N–H and O–H groups in total. The highest BCUT2D eigenvalue weighted by Crippen LogP contribution is 2.47. The highest BCUT2D eigenvalue weighted by atomic mass is 31.1. The predicted octanol–water partition coefficient (Wildman–Crippen LogP) is 5.53. The van der Waals surface area contributed by atoms with Crippen molar-refractivity contribution in [3.8, 4) is 11.3 Å². The van der Waals surface area contributed by atoms with Crippen LogP contribution in [0.3, 0.4) is 0 Å². The lowest BCUT2D eigenvalue weighted by molar-refractivity contribution is -0.704. The fraction of sp³-hybridized carbons (Fsp3) is 0.500. The van der Waals surface area contributed by atoms with Crippen molar-refractivity contribution in [2.24, 2.45) is 0 Å². The van der Waals surface area contributed by atoms with Crippen molar-refractivity contribution in [1.82, 2.24) is 0 Å². The van der Waals surface area contributed by atoms with E-state index in [0.29, 0.717) is 6.04 Å². The number of aromatic nitrogens is 1. The Morgan fingerprint density at radius 3 is 2.52 bits per heavy atom. The molecule has 0 saturated heterocycles. The van der Waals surface area contributed by atoms with Gasteiger partial charge in [0.25, 0.3) is 13.9 Å². The molecule has 1 aliphatic heterocycles. The van der Waals surface area contributed by atoms with Crippen LogP contribution in [0.4, 0.5) is 0 Å². The molecular formula is C22H29NOP+. The molecule has 2 aromatic rings. The van der Waals surface area contributed by atoms with Gasteiger partial charge >= 0.3 is 0 Å². The van der Waals surface area contributed by atoms with E-state index in [0.717, 1.165) is 24.7 Å². The first-order valence-corrected chi connectivity index (χ1v) is 10.5. The first-order valence-electron chi connectivity index (χ1n) is 9.64. The monoisotopic (exact) mass is 354 g/mol. The van der Waals surface area contributed by atoms with E-state index in [1.165, 1.54) is 35.2 Å². The molecule has 0 amide bonds. The molecular weight excluding hydrogens is 325 g/mol. The molecule has 0 radical (unpaired) electrons. The van der Waals surface area contributed by atoms with Gasteiger partial charge in [-0.3, -0.25) is 4.57 Å². The van der Waals surface area contributed by atoms with Crippen molar-refractivity contribution in [3.63, 3.8) is 0 Å². The molecule has 0 saturated carbocycles. The van der Waals surface area contributed by atoms with E-state index in [2.05, 4.69) is 56.5 Å². The SMILES string of the molecule is CCCCc1ccc2c(c1)-c1cccc(P=O)[n+]1C(C)C2(CC)CC. The molecule has 25 heavy (non-hydrogen) atoms. The first kappa shape index (κ1) is 18.3. The van der Waals surface area contributed by atoms with Gasteiger partial charge < -0.3 is 0 Å². The summed E-state index contributed by atoms with van der Waals surface area (Å²) in [5, 5.41) is 0. The van der Waals surface area contributed by atoms with Gasteiger partial charge in [-0.2, -0.15) is 4.57 Å². The summed E-state index contributed by atoms with van der Waals surface area (Å²) in [4.78, 5) is 0. The summed E-state index contributed by atoms with van der Waals surface area (Å²) in [6.07, 6.45) is 5.74. The Labute approximate surface area is 153 Å². The molecule has 1 aromatic heterocycles. The number of benzene rings is 1. The zero-order chi connectivity index (χ0) is 18.0. The van der Waals surface area contributed by atoms with Crippen LogP contribution in [-0.4, -0.2) is 0 Å². The van der Waals surface area contributed by atoms with E-state index in [1.807, 2.05) is 12.1 Å². The molecule has 1 aliphatic rings. The van der Waals surface area contributed by atoms with E-state index in [4.69, 9.17) is 0 Å². The maximum Gasteiger partial charge on any atom is 0.273 e. The van der Waals surface area contributed by atoms with Gasteiger partial charge in [0.2, 0.25) is 5.69 Å². The summed E-state index contributed by atoms with van der Waals surface area (Å²) in [5.41, 5.74) is 6.38. The standard InChI is InChI=1S/C22H29NOP/c1-5-8-10-17-13-14-19-18(15-17)20-11-9-12-21(25-24)23(20)16(4)22(19,6-2)7-3/h9,11-16H,5-8,10H2,1-4H3/q+1. The van der Waals surface area contributed by atoms with Crippen LogP contribution < -0.4 is 10.0 Å². The van der Waals surface area contributed by atoms with Crippen LogP contribution in [0.1, 0.15) is 70.5 Å². The molecule has 3 heteroatoms. The van der Waals surface area contributed by atoms with Gasteiger partial charge in [-0.25, -0.2) is 0 Å². The van der Waals surface area contributed by atoms with Crippen molar-refractivity contribution < 1.29 is 9.13 Å². The van der Waals surface area contributed by atoms with Crippen LogP contribution in [0.25, 0.3) is 11.3 Å². The number of unbranched alkanes of at least 4 members (excludes halogenated alkanes) is 1. The van der Waals surface area contributed by atoms with Gasteiger partial charge in [0, 0.05) is 12.1 Å². The minimum absolute atomic E-state index is 0.0943. The molecule has 0 fully saturated rings. The minimum atomic E-state index is 0.0943. The van der Waals surface area contributed by atoms with Crippen LogP contribution >= 0.6 is 8.46 Å². The third-order valence-electron chi connectivity index (χ3n) is 6.26. The smallest absolute Gasteiger partial charge is 0.263 e. The molecule has 132 valence electrons. The average Bonchev–Trinajstić information content (AvgIpc) is 2.67. The van der Waals surface area contributed by atoms with Crippen molar-refractivity contribution in [2.45, 2.75) is 71.3 Å². The summed E-state index contributed by atoms with van der Waals surface area (Å²) < 4.78 is 14.1. The van der Waals surface area contributed by atoms with Crippen LogP contribution in [0.5, 0.6) is 0 Å². The number of nitrogens with zero attached hydrogens (tertiary/aromatic N) is 1. The number of pyridine rings is 1. The summed E-state index contributed by atoms with van der Waals surface area (Å²) in [6.45, 7) is 9.11. The average molecular weight is 354 g/mol. The molecule has 0 spiro atoms. The van der Waals surface area contributed by atoms with E-state index in [-0.39, 0.29) is 13.9 Å². The van der Waals surface area contributed by atoms with Gasteiger partial charge in [0.15, 0.2) is 6.04 Å². The van der Waals surface area contributed by atoms with E-state index >= 15 is 0 Å². The molecule has 2 heterocycles. The van der Waals surface area contributed by atoms with Crippen molar-refractivity contribution >= 4 is 13.9 Å². The zero-order valence-electron chi connectivity index (χ0n) is 15.9. The minimum Gasteiger partial charge on any atom is -0.263 e. The van der Waals surface area contributed by atoms with E-state index < -0.39 is 0 Å². The molecule has 1 unspecified atom stereocenters. The van der Waals surface area contributed by atoms with Crippen LogP contribution in [0.15, 0.2) is 36.4 Å². The van der Waals surface area contributed by atoms with E-state index in [1.54, 1.807) is 0 Å². The van der Waals surface area contributed by atoms with Gasteiger partial charge in [0.1, 0.15) is 0 Å².